The van der Waals surface area contributed by atoms with Gasteiger partial charge in [0, 0.05) is 17.8 Å². The van der Waals surface area contributed by atoms with Gasteiger partial charge in [-0.15, -0.1) is 0 Å². The topological polar surface area (TPSA) is 68.3 Å². The Bertz CT molecular complexity index is 912. The number of aromatic nitrogens is 2. The van der Waals surface area contributed by atoms with Crippen LogP contribution in [0.2, 0.25) is 0 Å². The van der Waals surface area contributed by atoms with Crippen molar-refractivity contribution in [2.45, 2.75) is 19.8 Å². The maximum Gasteiger partial charge on any atom is 0.146 e. The lowest BCUT2D eigenvalue weighted by atomic mass is 10.0. The zero-order valence-electron chi connectivity index (χ0n) is 16.0. The molecule has 0 atom stereocenters. The fourth-order valence-electron chi connectivity index (χ4n) is 2.79. The second-order valence-electron chi connectivity index (χ2n) is 6.35. The normalized spacial score (nSPS) is 10.6. The third-order valence-electron chi connectivity index (χ3n) is 4.18. The summed E-state index contributed by atoms with van der Waals surface area (Å²) < 4.78 is 10.7. The lowest BCUT2D eigenvalue weighted by molar-refractivity contribution is 0.395. The highest BCUT2D eigenvalue weighted by atomic mass is 16.5. The zero-order valence-corrected chi connectivity index (χ0v) is 16.0. The third-order valence-corrected chi connectivity index (χ3v) is 4.18. The van der Waals surface area contributed by atoms with Crippen molar-refractivity contribution in [2.75, 3.05) is 24.9 Å². The van der Waals surface area contributed by atoms with Gasteiger partial charge in [0.15, 0.2) is 0 Å². The van der Waals surface area contributed by atoms with Crippen LogP contribution in [-0.2, 0) is 0 Å². The van der Waals surface area contributed by atoms with E-state index in [0.29, 0.717) is 23.3 Å². The first-order chi connectivity index (χ1) is 13.1. The van der Waals surface area contributed by atoms with Crippen molar-refractivity contribution in [3.05, 3.63) is 60.4 Å². The maximum atomic E-state index is 5.43. The SMILES string of the molecule is COc1ccc(Nc2cc(Nc3ccccc3C(C)C)ncn2)c(OC)c1. The van der Waals surface area contributed by atoms with Gasteiger partial charge in [0.25, 0.3) is 0 Å². The van der Waals surface area contributed by atoms with Crippen LogP contribution in [0, 0.1) is 0 Å². The second kappa shape index (κ2) is 8.40. The first-order valence-corrected chi connectivity index (χ1v) is 8.77. The largest absolute Gasteiger partial charge is 0.497 e. The summed E-state index contributed by atoms with van der Waals surface area (Å²) in [4.78, 5) is 8.64. The molecule has 6 nitrogen and oxygen atoms in total. The number of para-hydroxylation sites is 1. The van der Waals surface area contributed by atoms with Crippen LogP contribution in [0.1, 0.15) is 25.3 Å². The van der Waals surface area contributed by atoms with Crippen molar-refractivity contribution < 1.29 is 9.47 Å². The van der Waals surface area contributed by atoms with E-state index in [1.54, 1.807) is 14.2 Å². The molecule has 0 unspecified atom stereocenters. The van der Waals surface area contributed by atoms with Crippen molar-refractivity contribution in [2.24, 2.45) is 0 Å². The lowest BCUT2D eigenvalue weighted by Crippen LogP contribution is -2.02. The summed E-state index contributed by atoms with van der Waals surface area (Å²) in [5.41, 5.74) is 3.08. The van der Waals surface area contributed by atoms with E-state index in [1.807, 2.05) is 36.4 Å². The first-order valence-electron chi connectivity index (χ1n) is 8.77. The predicted octanol–water partition coefficient (Wildman–Crippen LogP) is 5.10. The van der Waals surface area contributed by atoms with Crippen molar-refractivity contribution >= 4 is 23.0 Å². The summed E-state index contributed by atoms with van der Waals surface area (Å²) >= 11 is 0. The average Bonchev–Trinajstić information content (AvgIpc) is 2.69. The van der Waals surface area contributed by atoms with E-state index < -0.39 is 0 Å². The smallest absolute Gasteiger partial charge is 0.146 e. The van der Waals surface area contributed by atoms with Gasteiger partial charge in [0.05, 0.1) is 19.9 Å². The van der Waals surface area contributed by atoms with Crippen LogP contribution in [0.25, 0.3) is 0 Å². The van der Waals surface area contributed by atoms with E-state index in [0.717, 1.165) is 17.1 Å². The molecule has 1 aromatic heterocycles. The minimum Gasteiger partial charge on any atom is -0.497 e. The number of methoxy groups -OCH3 is 2. The van der Waals surface area contributed by atoms with Crippen molar-refractivity contribution in [3.63, 3.8) is 0 Å². The summed E-state index contributed by atoms with van der Waals surface area (Å²) in [5, 5.41) is 6.65. The monoisotopic (exact) mass is 364 g/mol. The lowest BCUT2D eigenvalue weighted by Gasteiger charge is -2.15. The number of anilines is 4. The Morgan fingerprint density at radius 1 is 0.815 bits per heavy atom. The zero-order chi connectivity index (χ0) is 19.2. The molecule has 27 heavy (non-hydrogen) atoms. The van der Waals surface area contributed by atoms with Gasteiger partial charge in [-0.2, -0.15) is 0 Å². The van der Waals surface area contributed by atoms with E-state index in [4.69, 9.17) is 9.47 Å². The van der Waals surface area contributed by atoms with Gasteiger partial charge < -0.3 is 20.1 Å². The summed E-state index contributed by atoms with van der Waals surface area (Å²) in [7, 11) is 3.25. The Morgan fingerprint density at radius 3 is 2.19 bits per heavy atom. The summed E-state index contributed by atoms with van der Waals surface area (Å²) in [6.07, 6.45) is 1.53. The van der Waals surface area contributed by atoms with Crippen LogP contribution in [0.15, 0.2) is 54.9 Å². The van der Waals surface area contributed by atoms with Gasteiger partial charge >= 0.3 is 0 Å². The highest BCUT2D eigenvalue weighted by Crippen LogP contribution is 2.32. The molecular formula is C21H24N4O2. The Morgan fingerprint density at radius 2 is 1.52 bits per heavy atom. The summed E-state index contributed by atoms with van der Waals surface area (Å²) in [6.45, 7) is 4.34. The molecular weight excluding hydrogens is 340 g/mol. The number of benzene rings is 2. The number of nitrogens with zero attached hydrogens (tertiary/aromatic N) is 2. The number of hydrogen-bond acceptors (Lipinski definition) is 6. The molecule has 2 N–H and O–H groups in total. The molecule has 0 spiro atoms. The van der Waals surface area contributed by atoms with Crippen LogP contribution >= 0.6 is 0 Å². The van der Waals surface area contributed by atoms with Crippen molar-refractivity contribution in [1.82, 2.24) is 9.97 Å². The van der Waals surface area contributed by atoms with Gasteiger partial charge in [-0.3, -0.25) is 0 Å². The number of rotatable bonds is 7. The predicted molar refractivity (Wildman–Crippen MR) is 109 cm³/mol. The molecule has 140 valence electrons. The second-order valence-corrected chi connectivity index (χ2v) is 6.35. The van der Waals surface area contributed by atoms with Crippen LogP contribution in [0.5, 0.6) is 11.5 Å². The minimum absolute atomic E-state index is 0.414. The number of nitrogens with one attached hydrogen (secondary N) is 2. The molecule has 0 bridgehead atoms. The van der Waals surface area contributed by atoms with Crippen LogP contribution in [0.3, 0.4) is 0 Å². The Kier molecular flexibility index (Phi) is 5.76. The number of ether oxygens (including phenoxy) is 2. The molecule has 1 heterocycles. The Labute approximate surface area is 159 Å². The van der Waals surface area contributed by atoms with Crippen LogP contribution < -0.4 is 20.1 Å². The fourth-order valence-corrected chi connectivity index (χ4v) is 2.79. The van der Waals surface area contributed by atoms with Crippen molar-refractivity contribution in [1.29, 1.82) is 0 Å². The van der Waals surface area contributed by atoms with E-state index in [1.165, 1.54) is 11.9 Å². The number of hydrogen-bond donors (Lipinski definition) is 2. The molecule has 0 radical (unpaired) electrons. The molecule has 0 saturated carbocycles. The molecule has 0 amide bonds. The molecule has 0 aliphatic carbocycles. The van der Waals surface area contributed by atoms with E-state index in [2.05, 4.69) is 46.6 Å². The standard InChI is InChI=1S/C21H24N4O2/c1-14(2)16-7-5-6-8-17(16)24-20-12-21(23-13-22-20)25-18-10-9-15(26-3)11-19(18)27-4/h5-14H,1-4H3,(H2,22,23,24,25). The van der Waals surface area contributed by atoms with E-state index in [9.17, 15) is 0 Å². The summed E-state index contributed by atoms with van der Waals surface area (Å²) in [6, 6.07) is 15.7. The van der Waals surface area contributed by atoms with Crippen molar-refractivity contribution in [3.8, 4) is 11.5 Å². The third kappa shape index (κ3) is 4.47. The van der Waals surface area contributed by atoms with E-state index >= 15 is 0 Å². The average molecular weight is 364 g/mol. The molecule has 0 saturated heterocycles. The minimum atomic E-state index is 0.414. The molecule has 3 rings (SSSR count). The molecule has 0 aliphatic heterocycles. The van der Waals surface area contributed by atoms with Gasteiger partial charge in [-0.1, -0.05) is 32.0 Å². The quantitative estimate of drug-likeness (QED) is 0.607. The molecule has 0 fully saturated rings. The Hall–Kier alpha value is -3.28. The maximum absolute atomic E-state index is 5.43. The highest BCUT2D eigenvalue weighted by Gasteiger charge is 2.09. The molecule has 2 aromatic carbocycles. The first kappa shape index (κ1) is 18.5. The molecule has 0 aliphatic rings. The fraction of sp³-hybridized carbons (Fsp3) is 0.238. The van der Waals surface area contributed by atoms with Gasteiger partial charge in [-0.05, 0) is 29.7 Å². The highest BCUT2D eigenvalue weighted by molar-refractivity contribution is 5.69. The van der Waals surface area contributed by atoms with E-state index in [-0.39, 0.29) is 0 Å². The van der Waals surface area contributed by atoms with Gasteiger partial charge in [-0.25, -0.2) is 9.97 Å². The summed E-state index contributed by atoms with van der Waals surface area (Å²) in [5.74, 6) is 3.20. The Balaban J connectivity index is 1.83. The van der Waals surface area contributed by atoms with Gasteiger partial charge in [0.2, 0.25) is 0 Å². The van der Waals surface area contributed by atoms with Crippen LogP contribution in [-0.4, -0.2) is 24.2 Å². The van der Waals surface area contributed by atoms with Crippen LogP contribution in [0.4, 0.5) is 23.0 Å². The molecule has 6 heteroatoms. The molecule has 3 aromatic rings. The van der Waals surface area contributed by atoms with Gasteiger partial charge in [0.1, 0.15) is 29.5 Å².